The summed E-state index contributed by atoms with van der Waals surface area (Å²) in [5.41, 5.74) is 3.31. The van der Waals surface area contributed by atoms with E-state index >= 15 is 0 Å². The molecule has 1 aromatic carbocycles. The van der Waals surface area contributed by atoms with Crippen LogP contribution in [-0.2, 0) is 18.8 Å². The number of benzene rings is 1. The van der Waals surface area contributed by atoms with E-state index in [9.17, 15) is 29.3 Å². The number of anilines is 2. The zero-order valence-electron chi connectivity index (χ0n) is 15.9. The number of aromatic nitrogens is 2. The number of ketones is 1. The first kappa shape index (κ1) is 21.3. The molecule has 0 fully saturated rings. The van der Waals surface area contributed by atoms with E-state index in [1.165, 1.54) is 26.2 Å². The number of Topliss-reactive ketones (excluding diaryl/α,β-unsaturated/α-hetero) is 1. The lowest BCUT2D eigenvalue weighted by atomic mass is 10.1. The molecule has 0 aliphatic rings. The second kappa shape index (κ2) is 8.37. The quantitative estimate of drug-likeness (QED) is 0.280. The number of rotatable bonds is 7. The van der Waals surface area contributed by atoms with Crippen LogP contribution in [0.5, 0.6) is 0 Å². The van der Waals surface area contributed by atoms with Crippen molar-refractivity contribution in [1.82, 2.24) is 9.13 Å². The monoisotopic (exact) mass is 405 g/mol. The topological polar surface area (TPSA) is 169 Å². The van der Waals surface area contributed by atoms with Crippen LogP contribution < -0.4 is 22.3 Å². The molecule has 2 aromatic rings. The van der Waals surface area contributed by atoms with Gasteiger partial charge in [-0.2, -0.15) is 0 Å². The molecule has 0 amide bonds. The number of carbonyl (C=O) groups excluding carboxylic acids is 2. The number of carbonyl (C=O) groups is 2. The number of nitrogens with two attached hydrogens (primary N) is 1. The van der Waals surface area contributed by atoms with Gasteiger partial charge in [-0.25, -0.2) is 9.59 Å². The SMILES string of the molecule is CCNc1ccc(C(=O)OCC(=O)c2c(N)n(C)c(=O)n(C)c2=O)cc1[N+](=O)[O-]. The van der Waals surface area contributed by atoms with Crippen LogP contribution in [0.2, 0.25) is 0 Å². The van der Waals surface area contributed by atoms with Gasteiger partial charge in [0.15, 0.2) is 6.61 Å². The van der Waals surface area contributed by atoms with Gasteiger partial charge in [0.1, 0.15) is 17.1 Å². The molecule has 12 heteroatoms. The van der Waals surface area contributed by atoms with Gasteiger partial charge in [-0.15, -0.1) is 0 Å². The number of hydrogen-bond donors (Lipinski definition) is 2. The normalized spacial score (nSPS) is 10.4. The maximum absolute atomic E-state index is 12.3. The van der Waals surface area contributed by atoms with Crippen LogP contribution in [0.3, 0.4) is 0 Å². The Bertz CT molecular complexity index is 1120. The fraction of sp³-hybridized carbons (Fsp3) is 0.294. The lowest BCUT2D eigenvalue weighted by Gasteiger charge is -2.11. The molecule has 1 heterocycles. The Morgan fingerprint density at radius 1 is 1.24 bits per heavy atom. The van der Waals surface area contributed by atoms with E-state index < -0.39 is 40.1 Å². The van der Waals surface area contributed by atoms with Gasteiger partial charge in [-0.3, -0.25) is 28.8 Å². The minimum Gasteiger partial charge on any atom is -0.454 e. The van der Waals surface area contributed by atoms with Crippen molar-refractivity contribution in [2.45, 2.75) is 6.92 Å². The van der Waals surface area contributed by atoms with Gasteiger partial charge in [0.2, 0.25) is 5.78 Å². The van der Waals surface area contributed by atoms with E-state index in [2.05, 4.69) is 5.32 Å². The van der Waals surface area contributed by atoms with E-state index in [0.717, 1.165) is 10.6 Å². The molecule has 1 aromatic heterocycles. The summed E-state index contributed by atoms with van der Waals surface area (Å²) < 4.78 is 6.49. The molecular formula is C17H19N5O7. The van der Waals surface area contributed by atoms with Crippen molar-refractivity contribution < 1.29 is 19.2 Å². The molecule has 29 heavy (non-hydrogen) atoms. The van der Waals surface area contributed by atoms with Crippen LogP contribution in [0.25, 0.3) is 0 Å². The second-order valence-electron chi connectivity index (χ2n) is 5.98. The third-order valence-electron chi connectivity index (χ3n) is 4.12. The molecule has 0 unspecified atom stereocenters. The van der Waals surface area contributed by atoms with Crippen molar-refractivity contribution >= 4 is 28.9 Å². The molecule has 0 bridgehead atoms. The Morgan fingerprint density at radius 3 is 2.48 bits per heavy atom. The fourth-order valence-electron chi connectivity index (χ4n) is 2.56. The molecular weight excluding hydrogens is 386 g/mol. The van der Waals surface area contributed by atoms with Crippen LogP contribution in [0.4, 0.5) is 17.2 Å². The molecule has 0 atom stereocenters. The highest BCUT2D eigenvalue weighted by molar-refractivity contribution is 6.02. The summed E-state index contributed by atoms with van der Waals surface area (Å²) in [7, 11) is 2.46. The number of nitrogens with zero attached hydrogens (tertiary/aromatic N) is 3. The number of hydrogen-bond acceptors (Lipinski definition) is 9. The molecule has 12 nitrogen and oxygen atoms in total. The molecule has 0 aliphatic carbocycles. The minimum absolute atomic E-state index is 0.146. The average Bonchev–Trinajstić information content (AvgIpc) is 2.69. The lowest BCUT2D eigenvalue weighted by molar-refractivity contribution is -0.384. The molecule has 0 saturated carbocycles. The highest BCUT2D eigenvalue weighted by Crippen LogP contribution is 2.25. The van der Waals surface area contributed by atoms with Gasteiger partial charge in [0.05, 0.1) is 10.5 Å². The number of ether oxygens (including phenoxy) is 1. The highest BCUT2D eigenvalue weighted by atomic mass is 16.6. The first-order valence-corrected chi connectivity index (χ1v) is 8.38. The number of nitrogen functional groups attached to an aromatic ring is 1. The van der Waals surface area contributed by atoms with Gasteiger partial charge < -0.3 is 15.8 Å². The number of esters is 1. The number of nitro benzene ring substituents is 1. The number of nitro groups is 1. The zero-order chi connectivity index (χ0) is 21.9. The van der Waals surface area contributed by atoms with Gasteiger partial charge in [-0.05, 0) is 19.1 Å². The molecule has 3 N–H and O–H groups in total. The van der Waals surface area contributed by atoms with Crippen molar-refractivity contribution in [3.05, 3.63) is 60.3 Å². The zero-order valence-corrected chi connectivity index (χ0v) is 15.9. The molecule has 2 rings (SSSR count). The second-order valence-corrected chi connectivity index (χ2v) is 5.98. The Morgan fingerprint density at radius 2 is 1.90 bits per heavy atom. The first-order chi connectivity index (χ1) is 13.6. The maximum Gasteiger partial charge on any atom is 0.338 e. The van der Waals surface area contributed by atoms with Gasteiger partial charge in [0.25, 0.3) is 11.2 Å². The van der Waals surface area contributed by atoms with Crippen LogP contribution in [-0.4, -0.2) is 39.0 Å². The van der Waals surface area contributed by atoms with Crippen molar-refractivity contribution in [3.8, 4) is 0 Å². The van der Waals surface area contributed by atoms with Gasteiger partial charge >= 0.3 is 11.7 Å². The van der Waals surface area contributed by atoms with E-state index in [4.69, 9.17) is 10.5 Å². The van der Waals surface area contributed by atoms with Crippen molar-refractivity contribution in [3.63, 3.8) is 0 Å². The summed E-state index contributed by atoms with van der Waals surface area (Å²) in [6.07, 6.45) is 0. The van der Waals surface area contributed by atoms with Crippen LogP contribution in [0, 0.1) is 10.1 Å². The summed E-state index contributed by atoms with van der Waals surface area (Å²) in [6.45, 7) is 1.36. The third-order valence-corrected chi connectivity index (χ3v) is 4.12. The molecule has 0 spiro atoms. The van der Waals surface area contributed by atoms with E-state index in [1.807, 2.05) is 0 Å². The minimum atomic E-state index is -0.996. The van der Waals surface area contributed by atoms with Crippen LogP contribution in [0.15, 0.2) is 27.8 Å². The van der Waals surface area contributed by atoms with Gasteiger partial charge in [0, 0.05) is 26.7 Å². The van der Waals surface area contributed by atoms with E-state index in [0.29, 0.717) is 11.1 Å². The first-order valence-electron chi connectivity index (χ1n) is 8.38. The van der Waals surface area contributed by atoms with Crippen molar-refractivity contribution in [2.24, 2.45) is 14.1 Å². The predicted molar refractivity (Wildman–Crippen MR) is 103 cm³/mol. The van der Waals surface area contributed by atoms with Crippen molar-refractivity contribution in [1.29, 1.82) is 0 Å². The molecule has 0 aliphatic heterocycles. The van der Waals surface area contributed by atoms with E-state index in [1.54, 1.807) is 6.92 Å². The predicted octanol–water partition coefficient (Wildman–Crippen LogP) is 0.0459. The summed E-state index contributed by atoms with van der Waals surface area (Å²) in [5.74, 6) is -2.26. The highest BCUT2D eigenvalue weighted by Gasteiger charge is 2.23. The lowest BCUT2D eigenvalue weighted by Crippen LogP contribution is -2.42. The Balaban J connectivity index is 2.25. The number of nitrogens with one attached hydrogen (secondary N) is 1. The third kappa shape index (κ3) is 4.15. The fourth-order valence-corrected chi connectivity index (χ4v) is 2.56. The van der Waals surface area contributed by atoms with E-state index in [-0.39, 0.29) is 22.8 Å². The van der Waals surface area contributed by atoms with Gasteiger partial charge in [-0.1, -0.05) is 0 Å². The van der Waals surface area contributed by atoms with Crippen LogP contribution >= 0.6 is 0 Å². The standard InChI is InChI=1S/C17H19N5O7/c1-4-19-10-6-5-9(7-11(10)22(27)28)16(25)29-8-12(23)13-14(18)20(2)17(26)21(3)15(13)24/h5-7,19H,4,8,18H2,1-3H3. The molecule has 154 valence electrons. The summed E-state index contributed by atoms with van der Waals surface area (Å²) in [5, 5.41) is 14.0. The summed E-state index contributed by atoms with van der Waals surface area (Å²) >= 11 is 0. The largest absolute Gasteiger partial charge is 0.454 e. The Hall–Kier alpha value is -3.96. The average molecular weight is 405 g/mol. The summed E-state index contributed by atoms with van der Waals surface area (Å²) in [6, 6.07) is 3.67. The maximum atomic E-state index is 12.3. The van der Waals surface area contributed by atoms with Crippen molar-refractivity contribution in [2.75, 3.05) is 24.2 Å². The molecule has 0 saturated heterocycles. The smallest absolute Gasteiger partial charge is 0.338 e. The Labute approximate surface area is 163 Å². The van der Waals surface area contributed by atoms with Crippen LogP contribution in [0.1, 0.15) is 27.6 Å². The molecule has 0 radical (unpaired) electrons. The Kier molecular flexibility index (Phi) is 6.16. The summed E-state index contributed by atoms with van der Waals surface area (Å²) in [4.78, 5) is 59.0.